The summed E-state index contributed by atoms with van der Waals surface area (Å²) in [6.45, 7) is 3.88. The van der Waals surface area contributed by atoms with Crippen LogP contribution < -0.4 is 5.32 Å². The van der Waals surface area contributed by atoms with Gasteiger partial charge in [0.2, 0.25) is 0 Å². The number of rotatable bonds is 7. The minimum atomic E-state index is -0.553. The summed E-state index contributed by atoms with van der Waals surface area (Å²) in [6.07, 6.45) is 3.50. The third-order valence-electron chi connectivity index (χ3n) is 5.01. The summed E-state index contributed by atoms with van der Waals surface area (Å²) in [5, 5.41) is 23.5. The van der Waals surface area contributed by atoms with Crippen molar-refractivity contribution in [1.29, 1.82) is 0 Å². The SMILES string of the molecule is Oc1ccc(NCCCN2CCC(O)(Cc3ccccc3)CC2)cc1. The second-order valence-corrected chi connectivity index (χ2v) is 7.06. The van der Waals surface area contributed by atoms with Gasteiger partial charge in [0.1, 0.15) is 5.75 Å². The molecule has 134 valence electrons. The predicted octanol–water partition coefficient (Wildman–Crippen LogP) is 3.26. The molecule has 0 radical (unpaired) electrons. The van der Waals surface area contributed by atoms with Crippen LogP contribution in [0.2, 0.25) is 0 Å². The maximum Gasteiger partial charge on any atom is 0.115 e. The molecule has 3 N–H and O–H groups in total. The highest BCUT2D eigenvalue weighted by Crippen LogP contribution is 2.26. The Morgan fingerprint density at radius 2 is 1.64 bits per heavy atom. The van der Waals surface area contributed by atoms with Gasteiger partial charge < -0.3 is 20.4 Å². The molecule has 2 aromatic carbocycles. The van der Waals surface area contributed by atoms with Crippen LogP contribution in [0.4, 0.5) is 5.69 Å². The van der Waals surface area contributed by atoms with E-state index in [9.17, 15) is 10.2 Å². The number of phenols is 1. The van der Waals surface area contributed by atoms with Gasteiger partial charge in [-0.3, -0.25) is 0 Å². The molecule has 0 bridgehead atoms. The molecule has 4 heteroatoms. The lowest BCUT2D eigenvalue weighted by Gasteiger charge is -2.38. The number of aromatic hydroxyl groups is 1. The van der Waals surface area contributed by atoms with Crippen LogP contribution >= 0.6 is 0 Å². The Bertz CT molecular complexity index is 635. The average molecular weight is 340 g/mol. The molecule has 3 rings (SSSR count). The van der Waals surface area contributed by atoms with Gasteiger partial charge in [0.25, 0.3) is 0 Å². The van der Waals surface area contributed by atoms with Gasteiger partial charge in [-0.2, -0.15) is 0 Å². The summed E-state index contributed by atoms with van der Waals surface area (Å²) < 4.78 is 0. The summed E-state index contributed by atoms with van der Waals surface area (Å²) >= 11 is 0. The van der Waals surface area contributed by atoms with Crippen molar-refractivity contribution in [3.05, 3.63) is 60.2 Å². The molecule has 0 atom stereocenters. The topological polar surface area (TPSA) is 55.7 Å². The number of phenolic OH excluding ortho intramolecular Hbond substituents is 1. The van der Waals surface area contributed by atoms with Crippen LogP contribution in [0.15, 0.2) is 54.6 Å². The Morgan fingerprint density at radius 3 is 2.32 bits per heavy atom. The molecular formula is C21H28N2O2. The molecule has 1 aliphatic heterocycles. The molecule has 0 unspecified atom stereocenters. The minimum Gasteiger partial charge on any atom is -0.508 e. The predicted molar refractivity (Wildman–Crippen MR) is 102 cm³/mol. The molecule has 1 heterocycles. The van der Waals surface area contributed by atoms with Crippen LogP contribution in [0.5, 0.6) is 5.75 Å². The Balaban J connectivity index is 1.35. The Kier molecular flexibility index (Phi) is 5.95. The van der Waals surface area contributed by atoms with E-state index in [1.807, 2.05) is 30.3 Å². The molecule has 0 aliphatic carbocycles. The highest BCUT2D eigenvalue weighted by atomic mass is 16.3. The molecule has 1 saturated heterocycles. The fraction of sp³-hybridized carbons (Fsp3) is 0.429. The lowest BCUT2D eigenvalue weighted by atomic mass is 9.85. The summed E-state index contributed by atoms with van der Waals surface area (Å²) in [5.74, 6) is 0.293. The summed E-state index contributed by atoms with van der Waals surface area (Å²) in [7, 11) is 0. The molecule has 1 fully saturated rings. The second kappa shape index (κ2) is 8.37. The van der Waals surface area contributed by atoms with E-state index >= 15 is 0 Å². The molecule has 0 amide bonds. The van der Waals surface area contributed by atoms with E-state index in [0.29, 0.717) is 5.75 Å². The molecule has 0 saturated carbocycles. The first-order chi connectivity index (χ1) is 12.1. The van der Waals surface area contributed by atoms with Crippen molar-refractivity contribution in [2.24, 2.45) is 0 Å². The molecule has 25 heavy (non-hydrogen) atoms. The fourth-order valence-corrected chi connectivity index (χ4v) is 3.46. The Morgan fingerprint density at radius 1 is 0.960 bits per heavy atom. The van der Waals surface area contributed by atoms with E-state index in [-0.39, 0.29) is 0 Å². The second-order valence-electron chi connectivity index (χ2n) is 7.06. The molecule has 0 aromatic heterocycles. The number of hydrogen-bond donors (Lipinski definition) is 3. The number of aliphatic hydroxyl groups is 1. The van der Waals surface area contributed by atoms with Crippen molar-refractivity contribution in [3.8, 4) is 5.75 Å². The standard InChI is InChI=1S/C21H28N2O2/c24-20-9-7-19(8-10-20)22-13-4-14-23-15-11-21(25,12-16-23)17-18-5-2-1-3-6-18/h1-3,5-10,22,24-25H,4,11-17H2. The number of likely N-dealkylation sites (tertiary alicyclic amines) is 1. The van der Waals surface area contributed by atoms with Crippen LogP contribution in [-0.2, 0) is 6.42 Å². The van der Waals surface area contributed by atoms with Crippen molar-refractivity contribution in [2.75, 3.05) is 31.5 Å². The highest BCUT2D eigenvalue weighted by molar-refractivity contribution is 5.45. The number of anilines is 1. The van der Waals surface area contributed by atoms with E-state index in [1.165, 1.54) is 5.56 Å². The van der Waals surface area contributed by atoms with E-state index < -0.39 is 5.60 Å². The number of nitrogens with one attached hydrogen (secondary N) is 1. The summed E-state index contributed by atoms with van der Waals surface area (Å²) in [4.78, 5) is 2.44. The lowest BCUT2D eigenvalue weighted by Crippen LogP contribution is -2.46. The van der Waals surface area contributed by atoms with Crippen molar-refractivity contribution < 1.29 is 10.2 Å². The third kappa shape index (κ3) is 5.48. The van der Waals surface area contributed by atoms with Crippen molar-refractivity contribution in [3.63, 3.8) is 0 Å². The first kappa shape index (κ1) is 17.8. The number of benzene rings is 2. The van der Waals surface area contributed by atoms with E-state index in [2.05, 4.69) is 22.3 Å². The van der Waals surface area contributed by atoms with Crippen LogP contribution in [0.25, 0.3) is 0 Å². The van der Waals surface area contributed by atoms with Gasteiger partial charge in [0.15, 0.2) is 0 Å². The highest BCUT2D eigenvalue weighted by Gasteiger charge is 2.32. The van der Waals surface area contributed by atoms with E-state index in [1.54, 1.807) is 12.1 Å². The maximum atomic E-state index is 10.8. The van der Waals surface area contributed by atoms with Gasteiger partial charge >= 0.3 is 0 Å². The molecule has 2 aromatic rings. The van der Waals surface area contributed by atoms with Gasteiger partial charge in [-0.1, -0.05) is 30.3 Å². The quantitative estimate of drug-likeness (QED) is 0.535. The molecule has 1 aliphatic rings. The first-order valence-electron chi connectivity index (χ1n) is 9.15. The summed E-state index contributed by atoms with van der Waals surface area (Å²) in [6, 6.07) is 17.5. The van der Waals surface area contributed by atoms with Gasteiger partial charge in [-0.25, -0.2) is 0 Å². The van der Waals surface area contributed by atoms with Crippen molar-refractivity contribution in [2.45, 2.75) is 31.3 Å². The third-order valence-corrected chi connectivity index (χ3v) is 5.01. The van der Waals surface area contributed by atoms with Gasteiger partial charge in [-0.15, -0.1) is 0 Å². The maximum absolute atomic E-state index is 10.8. The van der Waals surface area contributed by atoms with Crippen molar-refractivity contribution >= 4 is 5.69 Å². The normalized spacial score (nSPS) is 17.3. The summed E-state index contributed by atoms with van der Waals surface area (Å²) in [5.41, 5.74) is 1.70. The van der Waals surface area contributed by atoms with Crippen LogP contribution in [0.3, 0.4) is 0 Å². The average Bonchev–Trinajstić information content (AvgIpc) is 2.62. The first-order valence-corrected chi connectivity index (χ1v) is 9.15. The van der Waals surface area contributed by atoms with Gasteiger partial charge in [0.05, 0.1) is 5.60 Å². The zero-order valence-electron chi connectivity index (χ0n) is 14.7. The fourth-order valence-electron chi connectivity index (χ4n) is 3.46. The molecular weight excluding hydrogens is 312 g/mol. The largest absolute Gasteiger partial charge is 0.508 e. The number of piperidine rings is 1. The van der Waals surface area contributed by atoms with Crippen molar-refractivity contribution in [1.82, 2.24) is 4.90 Å². The Hall–Kier alpha value is -2.04. The van der Waals surface area contributed by atoms with E-state index in [0.717, 1.165) is 57.5 Å². The van der Waals surface area contributed by atoms with Gasteiger partial charge in [0, 0.05) is 31.7 Å². The smallest absolute Gasteiger partial charge is 0.115 e. The zero-order valence-corrected chi connectivity index (χ0v) is 14.7. The van der Waals surface area contributed by atoms with E-state index in [4.69, 9.17) is 0 Å². The molecule has 4 nitrogen and oxygen atoms in total. The monoisotopic (exact) mass is 340 g/mol. The lowest BCUT2D eigenvalue weighted by molar-refractivity contribution is -0.0205. The number of nitrogens with zero attached hydrogens (tertiary/aromatic N) is 1. The van der Waals surface area contributed by atoms with Crippen LogP contribution in [0, 0.1) is 0 Å². The molecule has 0 spiro atoms. The zero-order chi connectivity index (χ0) is 17.5. The van der Waals surface area contributed by atoms with Crippen LogP contribution in [0.1, 0.15) is 24.8 Å². The van der Waals surface area contributed by atoms with Gasteiger partial charge in [-0.05, 0) is 55.6 Å². The Labute approximate surface area is 150 Å². The minimum absolute atomic E-state index is 0.293. The number of hydrogen-bond acceptors (Lipinski definition) is 4. The van der Waals surface area contributed by atoms with Crippen LogP contribution in [-0.4, -0.2) is 46.9 Å².